The highest BCUT2D eigenvalue weighted by molar-refractivity contribution is 5.83. The van der Waals surface area contributed by atoms with Gasteiger partial charge in [0, 0.05) is 6.07 Å². The number of rotatable bonds is 4. The van der Waals surface area contributed by atoms with E-state index in [2.05, 4.69) is 4.98 Å². The highest BCUT2D eigenvalue weighted by atomic mass is 16.6. The number of nitrogens with zero attached hydrogens (tertiary/aromatic N) is 2. The van der Waals surface area contributed by atoms with E-state index in [1.807, 2.05) is 13.8 Å². The normalized spacial score (nSPS) is 12.5. The second kappa shape index (κ2) is 4.83. The van der Waals surface area contributed by atoms with Gasteiger partial charge in [0.25, 0.3) is 5.69 Å². The average Bonchev–Trinajstić information content (AvgIpc) is 2.17. The molecule has 1 atom stereocenters. The summed E-state index contributed by atoms with van der Waals surface area (Å²) in [5.41, 5.74) is 0.530. The Bertz CT molecular complexity index is 398. The lowest BCUT2D eigenvalue weighted by Crippen LogP contribution is -2.16. The highest BCUT2D eigenvalue weighted by Crippen LogP contribution is 2.24. The van der Waals surface area contributed by atoms with Crippen molar-refractivity contribution in [1.29, 1.82) is 0 Å². The van der Waals surface area contributed by atoms with Crippen LogP contribution in [0.4, 0.5) is 5.69 Å². The van der Waals surface area contributed by atoms with Gasteiger partial charge in [0.05, 0.1) is 16.5 Å². The first-order valence-electron chi connectivity index (χ1n) is 5.04. The van der Waals surface area contributed by atoms with Gasteiger partial charge in [0.1, 0.15) is 12.0 Å². The minimum Gasteiger partial charge on any atom is -0.299 e. The molecule has 0 radical (unpaired) electrons. The van der Waals surface area contributed by atoms with Crippen molar-refractivity contribution >= 4 is 11.5 Å². The summed E-state index contributed by atoms with van der Waals surface area (Å²) >= 11 is 0. The number of hydrogen-bond acceptors (Lipinski definition) is 4. The van der Waals surface area contributed by atoms with E-state index in [-0.39, 0.29) is 23.3 Å². The van der Waals surface area contributed by atoms with E-state index in [4.69, 9.17) is 0 Å². The van der Waals surface area contributed by atoms with Crippen molar-refractivity contribution < 1.29 is 9.72 Å². The predicted octanol–water partition coefficient (Wildman–Crippen LogP) is 2.32. The van der Waals surface area contributed by atoms with E-state index in [0.29, 0.717) is 5.69 Å². The molecule has 0 aliphatic carbocycles. The maximum Gasteiger partial charge on any atom is 0.287 e. The summed E-state index contributed by atoms with van der Waals surface area (Å²) in [5.74, 6) is -0.136. The molecule has 5 nitrogen and oxygen atoms in total. The molecule has 1 heterocycles. The maximum absolute atomic E-state index is 11.4. The van der Waals surface area contributed by atoms with E-state index in [0.717, 1.165) is 0 Å². The standard InChI is InChI=1S/C11H14N2O3/c1-7(2)11(8(3)14)10-5-4-9(6-12-10)13(15)16/h4-7,11H,1-3H3. The lowest BCUT2D eigenvalue weighted by Gasteiger charge is -2.16. The van der Waals surface area contributed by atoms with Gasteiger partial charge in [-0.1, -0.05) is 13.8 Å². The molecule has 0 N–H and O–H groups in total. The smallest absolute Gasteiger partial charge is 0.287 e. The fourth-order valence-electron chi connectivity index (χ4n) is 1.71. The van der Waals surface area contributed by atoms with Crippen LogP contribution in [0.25, 0.3) is 0 Å². The first-order chi connectivity index (χ1) is 7.43. The molecular formula is C11H14N2O3. The molecule has 0 aliphatic rings. The van der Waals surface area contributed by atoms with Gasteiger partial charge in [-0.2, -0.15) is 0 Å². The van der Waals surface area contributed by atoms with Crippen LogP contribution in [0.5, 0.6) is 0 Å². The van der Waals surface area contributed by atoms with Crippen LogP contribution in [-0.4, -0.2) is 15.7 Å². The van der Waals surface area contributed by atoms with E-state index >= 15 is 0 Å². The molecule has 0 bridgehead atoms. The Labute approximate surface area is 93.7 Å². The van der Waals surface area contributed by atoms with Gasteiger partial charge >= 0.3 is 0 Å². The van der Waals surface area contributed by atoms with Crippen LogP contribution >= 0.6 is 0 Å². The zero-order valence-electron chi connectivity index (χ0n) is 9.51. The van der Waals surface area contributed by atoms with Gasteiger partial charge in [-0.05, 0) is 18.9 Å². The fourth-order valence-corrected chi connectivity index (χ4v) is 1.71. The van der Waals surface area contributed by atoms with Gasteiger partial charge in [-0.3, -0.25) is 19.9 Å². The van der Waals surface area contributed by atoms with Crippen LogP contribution in [0.3, 0.4) is 0 Å². The summed E-state index contributed by atoms with van der Waals surface area (Å²) in [7, 11) is 0. The van der Waals surface area contributed by atoms with Crippen molar-refractivity contribution in [3.8, 4) is 0 Å². The SMILES string of the molecule is CC(=O)C(c1ccc([N+](=O)[O-])cn1)C(C)C. The number of Topliss-reactive ketones (excluding diaryl/α,β-unsaturated/α-hetero) is 1. The average molecular weight is 222 g/mol. The summed E-state index contributed by atoms with van der Waals surface area (Å²) in [5, 5.41) is 10.4. The minimum absolute atomic E-state index is 0.0244. The van der Waals surface area contributed by atoms with Crippen molar-refractivity contribution in [3.05, 3.63) is 34.1 Å². The first kappa shape index (κ1) is 12.3. The Morgan fingerprint density at radius 3 is 2.38 bits per heavy atom. The lowest BCUT2D eigenvalue weighted by atomic mass is 9.89. The highest BCUT2D eigenvalue weighted by Gasteiger charge is 2.22. The predicted molar refractivity (Wildman–Crippen MR) is 59.2 cm³/mol. The Hall–Kier alpha value is -1.78. The Morgan fingerprint density at radius 2 is 2.06 bits per heavy atom. The van der Waals surface area contributed by atoms with E-state index in [1.165, 1.54) is 19.2 Å². The molecule has 0 aliphatic heterocycles. The fraction of sp³-hybridized carbons (Fsp3) is 0.455. The van der Waals surface area contributed by atoms with E-state index in [1.54, 1.807) is 6.07 Å². The Morgan fingerprint density at radius 1 is 1.44 bits per heavy atom. The third kappa shape index (κ3) is 2.62. The van der Waals surface area contributed by atoms with Crippen molar-refractivity contribution in [1.82, 2.24) is 4.98 Å². The third-order valence-electron chi connectivity index (χ3n) is 2.40. The summed E-state index contributed by atoms with van der Waals surface area (Å²) in [6, 6.07) is 2.92. The molecule has 0 amide bonds. The molecule has 1 aromatic heterocycles. The molecule has 0 spiro atoms. The van der Waals surface area contributed by atoms with Crippen LogP contribution in [0.2, 0.25) is 0 Å². The molecule has 1 unspecified atom stereocenters. The summed E-state index contributed by atoms with van der Waals surface area (Å²) in [6.45, 7) is 5.36. The van der Waals surface area contributed by atoms with Crippen molar-refractivity contribution in [2.45, 2.75) is 26.7 Å². The molecule has 0 saturated carbocycles. The third-order valence-corrected chi connectivity index (χ3v) is 2.40. The second-order valence-electron chi connectivity index (χ2n) is 4.03. The molecule has 86 valence electrons. The molecular weight excluding hydrogens is 208 g/mol. The summed E-state index contributed by atoms with van der Waals surface area (Å²) in [6.07, 6.45) is 1.19. The van der Waals surface area contributed by atoms with Gasteiger partial charge < -0.3 is 0 Å². The molecule has 0 aromatic carbocycles. The molecule has 1 rings (SSSR count). The number of carbonyl (C=O) groups is 1. The van der Waals surface area contributed by atoms with E-state index < -0.39 is 4.92 Å². The lowest BCUT2D eigenvalue weighted by molar-refractivity contribution is -0.385. The maximum atomic E-state index is 11.4. The number of carbonyl (C=O) groups excluding carboxylic acids is 1. The number of ketones is 1. The van der Waals surface area contributed by atoms with Crippen molar-refractivity contribution in [2.24, 2.45) is 5.92 Å². The zero-order chi connectivity index (χ0) is 12.3. The zero-order valence-corrected chi connectivity index (χ0v) is 9.51. The first-order valence-corrected chi connectivity index (χ1v) is 5.04. The summed E-state index contributed by atoms with van der Waals surface area (Å²) in [4.78, 5) is 25.4. The molecule has 1 aromatic rings. The Kier molecular flexibility index (Phi) is 3.71. The van der Waals surface area contributed by atoms with Crippen molar-refractivity contribution in [3.63, 3.8) is 0 Å². The number of aromatic nitrogens is 1. The van der Waals surface area contributed by atoms with Crippen molar-refractivity contribution in [2.75, 3.05) is 0 Å². The van der Waals surface area contributed by atoms with Gasteiger partial charge in [0.15, 0.2) is 0 Å². The largest absolute Gasteiger partial charge is 0.299 e. The summed E-state index contributed by atoms with van der Waals surface area (Å²) < 4.78 is 0. The second-order valence-corrected chi connectivity index (χ2v) is 4.03. The number of nitro groups is 1. The number of hydrogen-bond donors (Lipinski definition) is 0. The molecule has 16 heavy (non-hydrogen) atoms. The quantitative estimate of drug-likeness (QED) is 0.578. The van der Waals surface area contributed by atoms with Gasteiger partial charge in [0.2, 0.25) is 0 Å². The number of pyridine rings is 1. The Balaban J connectivity index is 3.03. The molecule has 5 heteroatoms. The topological polar surface area (TPSA) is 73.1 Å². The van der Waals surface area contributed by atoms with Crippen LogP contribution in [0.15, 0.2) is 18.3 Å². The van der Waals surface area contributed by atoms with Crippen LogP contribution in [0.1, 0.15) is 32.4 Å². The van der Waals surface area contributed by atoms with Gasteiger partial charge in [-0.15, -0.1) is 0 Å². The minimum atomic E-state index is -0.505. The molecule has 0 saturated heterocycles. The van der Waals surface area contributed by atoms with Gasteiger partial charge in [-0.25, -0.2) is 0 Å². The molecule has 0 fully saturated rings. The van der Waals surface area contributed by atoms with Crippen LogP contribution in [0, 0.1) is 16.0 Å². The van der Waals surface area contributed by atoms with Crippen LogP contribution < -0.4 is 0 Å². The monoisotopic (exact) mass is 222 g/mol. The van der Waals surface area contributed by atoms with Crippen LogP contribution in [-0.2, 0) is 4.79 Å². The van der Waals surface area contributed by atoms with E-state index in [9.17, 15) is 14.9 Å².